The van der Waals surface area contributed by atoms with Crippen LogP contribution >= 0.6 is 11.6 Å². The van der Waals surface area contributed by atoms with E-state index in [0.717, 1.165) is 18.2 Å². The maximum Gasteiger partial charge on any atom is 0.417 e. The number of aliphatic hydroxyl groups excluding tert-OH is 1. The van der Waals surface area contributed by atoms with Gasteiger partial charge < -0.3 is 14.9 Å². The highest BCUT2D eigenvalue weighted by Crippen LogP contribution is 2.45. The first-order valence-corrected chi connectivity index (χ1v) is 10.7. The Bertz CT molecular complexity index is 1130. The Kier molecular flexibility index (Phi) is 6.01. The summed E-state index contributed by atoms with van der Waals surface area (Å²) >= 11 is 5.80. The van der Waals surface area contributed by atoms with Crippen LogP contribution in [0.4, 0.5) is 23.2 Å². The fraction of sp³-hybridized carbons (Fsp3) is 0.391. The Morgan fingerprint density at radius 2 is 2.00 bits per heavy atom. The minimum Gasteiger partial charge on any atom is -0.396 e. The van der Waals surface area contributed by atoms with Crippen molar-refractivity contribution in [3.8, 4) is 6.07 Å². The number of alkyl halides is 3. The number of piperidine rings is 1. The van der Waals surface area contributed by atoms with E-state index in [2.05, 4.69) is 0 Å². The van der Waals surface area contributed by atoms with Gasteiger partial charge in [-0.05, 0) is 48.7 Å². The summed E-state index contributed by atoms with van der Waals surface area (Å²) in [6.45, 7) is 1.04. The van der Waals surface area contributed by atoms with Gasteiger partial charge in [-0.25, -0.2) is 4.39 Å². The van der Waals surface area contributed by atoms with Gasteiger partial charge >= 0.3 is 6.18 Å². The number of nitriles is 1. The highest BCUT2D eigenvalue weighted by Gasteiger charge is 2.50. The Morgan fingerprint density at radius 3 is 2.64 bits per heavy atom. The summed E-state index contributed by atoms with van der Waals surface area (Å²) in [5, 5.41) is 19.1. The van der Waals surface area contributed by atoms with E-state index in [1.54, 1.807) is 15.9 Å². The van der Waals surface area contributed by atoms with Crippen LogP contribution in [-0.4, -0.2) is 48.7 Å². The molecule has 10 heteroatoms. The molecule has 2 heterocycles. The third kappa shape index (κ3) is 4.25. The highest BCUT2D eigenvalue weighted by atomic mass is 35.5. The number of hydrogen-bond acceptors (Lipinski definition) is 4. The van der Waals surface area contributed by atoms with E-state index in [1.165, 1.54) is 18.2 Å². The van der Waals surface area contributed by atoms with E-state index in [4.69, 9.17) is 16.9 Å². The molecule has 2 aromatic carbocycles. The normalized spacial score (nSPS) is 22.8. The Balaban J connectivity index is 1.58. The van der Waals surface area contributed by atoms with E-state index in [0.29, 0.717) is 25.2 Å². The van der Waals surface area contributed by atoms with Crippen LogP contribution in [0.5, 0.6) is 0 Å². The van der Waals surface area contributed by atoms with Crippen LogP contribution in [0.2, 0.25) is 5.02 Å². The van der Waals surface area contributed by atoms with Crippen molar-refractivity contribution in [2.24, 2.45) is 11.3 Å². The van der Waals surface area contributed by atoms with Crippen molar-refractivity contribution in [1.82, 2.24) is 4.90 Å². The van der Waals surface area contributed by atoms with Gasteiger partial charge in [-0.15, -0.1) is 0 Å². The second kappa shape index (κ2) is 8.50. The van der Waals surface area contributed by atoms with Gasteiger partial charge in [0.1, 0.15) is 5.82 Å². The molecule has 2 saturated heterocycles. The van der Waals surface area contributed by atoms with Crippen LogP contribution in [0.15, 0.2) is 36.4 Å². The largest absolute Gasteiger partial charge is 0.417 e. The quantitative estimate of drug-likeness (QED) is 0.663. The lowest BCUT2D eigenvalue weighted by Crippen LogP contribution is -2.52. The van der Waals surface area contributed by atoms with Crippen LogP contribution in [0.25, 0.3) is 0 Å². The number of nitrogens with zero attached hydrogens (tertiary/aromatic N) is 3. The summed E-state index contributed by atoms with van der Waals surface area (Å²) in [4.78, 5) is 16.3. The molecule has 2 fully saturated rings. The molecule has 0 unspecified atom stereocenters. The number of benzene rings is 2. The first-order chi connectivity index (χ1) is 15.6. The summed E-state index contributed by atoms with van der Waals surface area (Å²) in [6.07, 6.45) is -4.11. The van der Waals surface area contributed by atoms with Crippen molar-refractivity contribution in [3.63, 3.8) is 0 Å². The van der Waals surface area contributed by atoms with Crippen molar-refractivity contribution in [1.29, 1.82) is 5.26 Å². The molecule has 2 aromatic rings. The number of halogens is 5. The fourth-order valence-electron chi connectivity index (χ4n) is 4.85. The number of carbonyl (C=O) groups is 1. The highest BCUT2D eigenvalue weighted by molar-refractivity contribution is 6.31. The SMILES string of the molecule is N#Cc1ccc(N2C[C@@H]3CCN(C(=O)c4ccc(F)c(Cl)c4)C[C@]3(CO)C2)cc1C(F)(F)F. The predicted octanol–water partition coefficient (Wildman–Crippen LogP) is 4.33. The summed E-state index contributed by atoms with van der Waals surface area (Å²) in [5.74, 6) is -1.02. The molecule has 0 radical (unpaired) electrons. The van der Waals surface area contributed by atoms with Crippen LogP contribution in [-0.2, 0) is 6.18 Å². The average Bonchev–Trinajstić information content (AvgIpc) is 3.19. The maximum absolute atomic E-state index is 13.5. The number of anilines is 1. The zero-order chi connectivity index (χ0) is 24.0. The van der Waals surface area contributed by atoms with Gasteiger partial charge in [0.2, 0.25) is 0 Å². The third-order valence-corrected chi connectivity index (χ3v) is 6.92. The van der Waals surface area contributed by atoms with Gasteiger partial charge in [0.15, 0.2) is 0 Å². The summed E-state index contributed by atoms with van der Waals surface area (Å²) in [5.41, 5.74) is -1.63. The fourth-order valence-corrected chi connectivity index (χ4v) is 5.03. The molecule has 33 heavy (non-hydrogen) atoms. The molecule has 2 aliphatic rings. The monoisotopic (exact) mass is 481 g/mol. The van der Waals surface area contributed by atoms with E-state index >= 15 is 0 Å². The van der Waals surface area contributed by atoms with Gasteiger partial charge in [-0.1, -0.05) is 11.6 Å². The second-order valence-corrected chi connectivity index (χ2v) is 8.99. The lowest BCUT2D eigenvalue weighted by atomic mass is 9.74. The van der Waals surface area contributed by atoms with Crippen molar-refractivity contribution in [3.05, 3.63) is 63.9 Å². The van der Waals surface area contributed by atoms with E-state index < -0.39 is 28.5 Å². The predicted molar refractivity (Wildman–Crippen MR) is 113 cm³/mol. The van der Waals surface area contributed by atoms with Crippen LogP contribution < -0.4 is 4.90 Å². The van der Waals surface area contributed by atoms with Crippen LogP contribution in [0.1, 0.15) is 27.9 Å². The molecule has 174 valence electrons. The zero-order valence-electron chi connectivity index (χ0n) is 17.4. The number of hydrogen-bond donors (Lipinski definition) is 1. The zero-order valence-corrected chi connectivity index (χ0v) is 18.1. The number of amides is 1. The average molecular weight is 482 g/mol. The standard InChI is InChI=1S/C23H20ClF4N3O2/c24-19-7-14(2-4-20(19)25)21(33)30-6-5-16-10-31(12-22(16,11-30)13-32)17-3-1-15(9-29)18(8-17)23(26,27)28/h1-4,7-8,16,32H,5-6,10-13H2/t16-,22+/m0/s1. The van der Waals surface area contributed by atoms with Crippen molar-refractivity contribution in [2.75, 3.05) is 37.7 Å². The molecule has 5 nitrogen and oxygen atoms in total. The van der Waals surface area contributed by atoms with Gasteiger partial charge in [0.25, 0.3) is 5.91 Å². The van der Waals surface area contributed by atoms with E-state index in [9.17, 15) is 27.5 Å². The number of fused-ring (bicyclic) bond motifs is 1. The second-order valence-electron chi connectivity index (χ2n) is 8.58. The molecule has 0 saturated carbocycles. The Morgan fingerprint density at radius 1 is 1.24 bits per heavy atom. The lowest BCUT2D eigenvalue weighted by molar-refractivity contribution is -0.137. The summed E-state index contributed by atoms with van der Waals surface area (Å²) in [6, 6.07) is 8.88. The lowest BCUT2D eigenvalue weighted by Gasteiger charge is -2.43. The molecule has 1 amide bonds. The molecule has 2 aliphatic heterocycles. The van der Waals surface area contributed by atoms with Gasteiger partial charge in [-0.3, -0.25) is 4.79 Å². The van der Waals surface area contributed by atoms with Crippen molar-refractivity contribution >= 4 is 23.2 Å². The smallest absolute Gasteiger partial charge is 0.396 e. The number of carbonyl (C=O) groups excluding carboxylic acids is 1. The van der Waals surface area contributed by atoms with Crippen LogP contribution in [0, 0.1) is 28.5 Å². The molecule has 4 rings (SSSR count). The molecule has 1 N–H and O–H groups in total. The minimum absolute atomic E-state index is 0.0339. The maximum atomic E-state index is 13.5. The van der Waals surface area contributed by atoms with E-state index in [1.807, 2.05) is 0 Å². The molecule has 0 aromatic heterocycles. The number of aliphatic hydroxyl groups is 1. The number of likely N-dealkylation sites (tertiary alicyclic amines) is 1. The van der Waals surface area contributed by atoms with Crippen molar-refractivity contribution in [2.45, 2.75) is 12.6 Å². The van der Waals surface area contributed by atoms with Gasteiger partial charge in [0, 0.05) is 42.8 Å². The molecular formula is C23H20ClF4N3O2. The minimum atomic E-state index is -4.66. The molecule has 0 bridgehead atoms. The molecule has 0 aliphatic carbocycles. The molecule has 2 atom stereocenters. The van der Waals surface area contributed by atoms with Gasteiger partial charge in [0.05, 0.1) is 28.8 Å². The first kappa shape index (κ1) is 23.3. The molecular weight excluding hydrogens is 462 g/mol. The summed E-state index contributed by atoms with van der Waals surface area (Å²) in [7, 11) is 0. The van der Waals surface area contributed by atoms with Crippen LogP contribution in [0.3, 0.4) is 0 Å². The topological polar surface area (TPSA) is 67.6 Å². The van der Waals surface area contributed by atoms with E-state index in [-0.39, 0.29) is 42.1 Å². The molecule has 0 spiro atoms. The third-order valence-electron chi connectivity index (χ3n) is 6.63. The number of rotatable bonds is 3. The van der Waals surface area contributed by atoms with Gasteiger partial charge in [-0.2, -0.15) is 18.4 Å². The Labute approximate surface area is 192 Å². The Hall–Kier alpha value is -2.83. The first-order valence-electron chi connectivity index (χ1n) is 10.3. The summed E-state index contributed by atoms with van der Waals surface area (Å²) < 4.78 is 53.7. The van der Waals surface area contributed by atoms with Crippen molar-refractivity contribution < 1.29 is 27.5 Å².